The van der Waals surface area contributed by atoms with Crippen molar-refractivity contribution < 1.29 is 14.3 Å². The highest BCUT2D eigenvalue weighted by atomic mass is 16.5. The van der Waals surface area contributed by atoms with Gasteiger partial charge in [-0.1, -0.05) is 44.2 Å². The third-order valence-electron chi connectivity index (χ3n) is 3.39. The second-order valence-electron chi connectivity index (χ2n) is 4.95. The van der Waals surface area contributed by atoms with Gasteiger partial charge in [0, 0.05) is 11.1 Å². The molecule has 0 fully saturated rings. The average molecular weight is 282 g/mol. The van der Waals surface area contributed by atoms with E-state index in [2.05, 4.69) is 0 Å². The summed E-state index contributed by atoms with van der Waals surface area (Å²) in [7, 11) is 0. The van der Waals surface area contributed by atoms with Crippen molar-refractivity contribution in [2.24, 2.45) is 5.92 Å². The van der Waals surface area contributed by atoms with Crippen LogP contribution in [0, 0.1) is 5.92 Å². The minimum absolute atomic E-state index is 0.0459. The lowest BCUT2D eigenvalue weighted by Gasteiger charge is -2.09. The van der Waals surface area contributed by atoms with Gasteiger partial charge in [-0.3, -0.25) is 9.59 Å². The van der Waals surface area contributed by atoms with Gasteiger partial charge in [-0.2, -0.15) is 0 Å². The fourth-order valence-corrected chi connectivity index (χ4v) is 1.81. The average Bonchev–Trinajstić information content (AvgIpc) is 2.55. The predicted octanol–water partition coefficient (Wildman–Crippen LogP) is 3.87. The van der Waals surface area contributed by atoms with Gasteiger partial charge in [0.15, 0.2) is 5.78 Å². The van der Waals surface area contributed by atoms with E-state index in [1.807, 2.05) is 32.0 Å². The molecule has 0 radical (unpaired) electrons. The minimum atomic E-state index is -0.250. The number of hydrogen-bond acceptors (Lipinski definition) is 3. The van der Waals surface area contributed by atoms with Crippen molar-refractivity contribution in [3.8, 4) is 5.75 Å². The summed E-state index contributed by atoms with van der Waals surface area (Å²) < 4.78 is 5.26. The lowest BCUT2D eigenvalue weighted by Crippen LogP contribution is -2.16. The molecule has 0 bridgehead atoms. The smallest absolute Gasteiger partial charge is 0.314 e. The highest BCUT2D eigenvalue weighted by molar-refractivity contribution is 6.09. The first-order valence-corrected chi connectivity index (χ1v) is 7.03. The fourth-order valence-electron chi connectivity index (χ4n) is 1.81. The van der Waals surface area contributed by atoms with E-state index in [9.17, 15) is 9.59 Å². The first-order chi connectivity index (χ1) is 10.1. The molecule has 2 rings (SSSR count). The Labute approximate surface area is 124 Å². The number of ether oxygens (including phenoxy) is 1. The molecule has 0 amide bonds. The zero-order valence-electron chi connectivity index (χ0n) is 12.2. The maximum absolute atomic E-state index is 12.2. The first kappa shape index (κ1) is 15.0. The Morgan fingerprint density at radius 2 is 1.52 bits per heavy atom. The van der Waals surface area contributed by atoms with Crippen LogP contribution < -0.4 is 4.74 Å². The van der Waals surface area contributed by atoms with Crippen molar-refractivity contribution in [3.05, 3.63) is 65.7 Å². The van der Waals surface area contributed by atoms with Crippen molar-refractivity contribution >= 4 is 11.8 Å². The monoisotopic (exact) mass is 282 g/mol. The van der Waals surface area contributed by atoms with Gasteiger partial charge >= 0.3 is 5.97 Å². The maximum atomic E-state index is 12.2. The standard InChI is InChI=1S/C18H18O3/c1-3-13(2)18(20)21-16-11-9-15(10-12-16)17(19)14-7-5-4-6-8-14/h4-13H,3H2,1-2H3. The SMILES string of the molecule is CCC(C)C(=O)Oc1ccc(C(=O)c2ccccc2)cc1. The molecule has 0 N–H and O–H groups in total. The van der Waals surface area contributed by atoms with E-state index >= 15 is 0 Å². The highest BCUT2D eigenvalue weighted by Crippen LogP contribution is 2.17. The summed E-state index contributed by atoms with van der Waals surface area (Å²) in [5, 5.41) is 0. The van der Waals surface area contributed by atoms with Gasteiger partial charge in [0.05, 0.1) is 5.92 Å². The van der Waals surface area contributed by atoms with Crippen LogP contribution in [0.3, 0.4) is 0 Å². The number of carbonyl (C=O) groups is 2. The number of rotatable bonds is 5. The van der Waals surface area contributed by atoms with Crippen LogP contribution in [0.1, 0.15) is 36.2 Å². The molecule has 0 aliphatic carbocycles. The molecular formula is C18H18O3. The van der Waals surface area contributed by atoms with E-state index in [1.165, 1.54) is 0 Å². The first-order valence-electron chi connectivity index (χ1n) is 7.03. The molecule has 1 unspecified atom stereocenters. The Morgan fingerprint density at radius 1 is 0.952 bits per heavy atom. The van der Waals surface area contributed by atoms with Crippen molar-refractivity contribution in [3.63, 3.8) is 0 Å². The third kappa shape index (κ3) is 3.78. The zero-order chi connectivity index (χ0) is 15.2. The Hall–Kier alpha value is -2.42. The van der Waals surface area contributed by atoms with Gasteiger partial charge in [-0.15, -0.1) is 0 Å². The van der Waals surface area contributed by atoms with Crippen LogP contribution in [0.5, 0.6) is 5.75 Å². The number of hydrogen-bond donors (Lipinski definition) is 0. The zero-order valence-corrected chi connectivity index (χ0v) is 12.2. The Balaban J connectivity index is 2.09. The van der Waals surface area contributed by atoms with Crippen molar-refractivity contribution in [1.29, 1.82) is 0 Å². The van der Waals surface area contributed by atoms with Gasteiger partial charge in [-0.05, 0) is 30.7 Å². The molecule has 21 heavy (non-hydrogen) atoms. The molecule has 0 aliphatic heterocycles. The lowest BCUT2D eigenvalue weighted by atomic mass is 10.0. The quantitative estimate of drug-likeness (QED) is 0.475. The van der Waals surface area contributed by atoms with Crippen LogP contribution >= 0.6 is 0 Å². The topological polar surface area (TPSA) is 43.4 Å². The largest absolute Gasteiger partial charge is 0.426 e. The molecule has 0 saturated heterocycles. The third-order valence-corrected chi connectivity index (χ3v) is 3.39. The second kappa shape index (κ2) is 6.84. The Morgan fingerprint density at radius 3 is 2.10 bits per heavy atom. The summed E-state index contributed by atoms with van der Waals surface area (Å²) in [6.45, 7) is 3.77. The van der Waals surface area contributed by atoms with E-state index in [0.29, 0.717) is 16.9 Å². The van der Waals surface area contributed by atoms with Crippen LogP contribution in [-0.4, -0.2) is 11.8 Å². The van der Waals surface area contributed by atoms with E-state index in [0.717, 1.165) is 6.42 Å². The second-order valence-corrected chi connectivity index (χ2v) is 4.95. The molecular weight excluding hydrogens is 264 g/mol. The van der Waals surface area contributed by atoms with Gasteiger partial charge in [0.1, 0.15) is 5.75 Å². The van der Waals surface area contributed by atoms with Crippen LogP contribution in [-0.2, 0) is 4.79 Å². The summed E-state index contributed by atoms with van der Waals surface area (Å²) in [4.78, 5) is 23.9. The lowest BCUT2D eigenvalue weighted by molar-refractivity contribution is -0.138. The summed E-state index contributed by atoms with van der Waals surface area (Å²) >= 11 is 0. The predicted molar refractivity (Wildman–Crippen MR) is 81.4 cm³/mol. The van der Waals surface area contributed by atoms with E-state index < -0.39 is 0 Å². The number of carbonyl (C=O) groups excluding carboxylic acids is 2. The molecule has 3 heteroatoms. The fraction of sp³-hybridized carbons (Fsp3) is 0.222. The summed E-state index contributed by atoms with van der Waals surface area (Å²) in [6, 6.07) is 15.7. The molecule has 0 saturated carbocycles. The molecule has 108 valence electrons. The molecule has 0 aliphatic rings. The van der Waals surface area contributed by atoms with Crippen LogP contribution in [0.15, 0.2) is 54.6 Å². The number of esters is 1. The van der Waals surface area contributed by atoms with Gasteiger partial charge < -0.3 is 4.74 Å². The summed E-state index contributed by atoms with van der Waals surface area (Å²) in [5.74, 6) is 0.0376. The van der Waals surface area contributed by atoms with Crippen LogP contribution in [0.4, 0.5) is 0 Å². The van der Waals surface area contributed by atoms with E-state index in [1.54, 1.807) is 36.4 Å². The molecule has 3 nitrogen and oxygen atoms in total. The summed E-state index contributed by atoms with van der Waals surface area (Å²) in [5.41, 5.74) is 1.21. The molecule has 1 atom stereocenters. The maximum Gasteiger partial charge on any atom is 0.314 e. The van der Waals surface area contributed by atoms with E-state index in [-0.39, 0.29) is 17.7 Å². The normalized spacial score (nSPS) is 11.7. The molecule has 2 aromatic carbocycles. The molecule has 0 spiro atoms. The summed E-state index contributed by atoms with van der Waals surface area (Å²) in [6.07, 6.45) is 0.739. The van der Waals surface area contributed by atoms with Crippen molar-refractivity contribution in [1.82, 2.24) is 0 Å². The number of ketones is 1. The van der Waals surface area contributed by atoms with Crippen molar-refractivity contribution in [2.45, 2.75) is 20.3 Å². The Kier molecular flexibility index (Phi) is 4.88. The number of benzene rings is 2. The highest BCUT2D eigenvalue weighted by Gasteiger charge is 2.13. The molecule has 0 aromatic heterocycles. The molecule has 0 heterocycles. The van der Waals surface area contributed by atoms with Gasteiger partial charge in [0.2, 0.25) is 0 Å². The minimum Gasteiger partial charge on any atom is -0.426 e. The van der Waals surface area contributed by atoms with Gasteiger partial charge in [-0.25, -0.2) is 0 Å². The van der Waals surface area contributed by atoms with E-state index in [4.69, 9.17) is 4.74 Å². The Bertz CT molecular complexity index is 615. The van der Waals surface area contributed by atoms with Crippen molar-refractivity contribution in [2.75, 3.05) is 0 Å². The van der Waals surface area contributed by atoms with Crippen LogP contribution in [0.25, 0.3) is 0 Å². The van der Waals surface area contributed by atoms with Gasteiger partial charge in [0.25, 0.3) is 0 Å². The molecule has 2 aromatic rings. The van der Waals surface area contributed by atoms with Crippen LogP contribution in [0.2, 0.25) is 0 Å².